The molecular formula is C13H22N4O. The van der Waals surface area contributed by atoms with Gasteiger partial charge in [-0.3, -0.25) is 4.79 Å². The van der Waals surface area contributed by atoms with Gasteiger partial charge in [-0.15, -0.1) is 10.2 Å². The number of nitrogens with one attached hydrogen (secondary N) is 2. The van der Waals surface area contributed by atoms with Crippen molar-refractivity contribution in [2.45, 2.75) is 40.2 Å². The molecule has 0 aromatic carbocycles. The van der Waals surface area contributed by atoms with Gasteiger partial charge < -0.3 is 10.6 Å². The molecule has 1 atom stereocenters. The Morgan fingerprint density at radius 2 is 2.00 bits per heavy atom. The third kappa shape index (κ3) is 4.69. The van der Waals surface area contributed by atoms with Crippen LogP contribution in [0.2, 0.25) is 0 Å². The number of carbonyl (C=O) groups excluding carboxylic acids is 1. The van der Waals surface area contributed by atoms with E-state index in [0.29, 0.717) is 30.0 Å². The van der Waals surface area contributed by atoms with Crippen molar-refractivity contribution in [2.24, 2.45) is 5.92 Å². The number of carbonyl (C=O) groups is 1. The lowest BCUT2D eigenvalue weighted by Gasteiger charge is -2.11. The minimum Gasteiger partial charge on any atom is -0.366 e. The van der Waals surface area contributed by atoms with Crippen molar-refractivity contribution >= 4 is 11.7 Å². The highest BCUT2D eigenvalue weighted by Gasteiger charge is 2.08. The van der Waals surface area contributed by atoms with Gasteiger partial charge in [-0.25, -0.2) is 0 Å². The van der Waals surface area contributed by atoms with Crippen LogP contribution in [0.15, 0.2) is 12.1 Å². The Bertz CT molecular complexity index is 375. The zero-order valence-electron chi connectivity index (χ0n) is 11.5. The quantitative estimate of drug-likeness (QED) is 0.811. The topological polar surface area (TPSA) is 66.9 Å². The Labute approximate surface area is 108 Å². The lowest BCUT2D eigenvalue weighted by Crippen LogP contribution is -2.28. The van der Waals surface area contributed by atoms with Crippen molar-refractivity contribution in [2.75, 3.05) is 11.9 Å². The average Bonchev–Trinajstić information content (AvgIpc) is 2.36. The fourth-order valence-corrected chi connectivity index (χ4v) is 1.27. The summed E-state index contributed by atoms with van der Waals surface area (Å²) >= 11 is 0. The predicted octanol–water partition coefficient (Wildman–Crippen LogP) is 2.07. The van der Waals surface area contributed by atoms with Crippen LogP contribution in [-0.2, 0) is 0 Å². The first-order valence-electron chi connectivity index (χ1n) is 6.41. The van der Waals surface area contributed by atoms with Gasteiger partial charge in [0.2, 0.25) is 0 Å². The van der Waals surface area contributed by atoms with Crippen LogP contribution in [0.5, 0.6) is 0 Å². The van der Waals surface area contributed by atoms with Gasteiger partial charge in [0.05, 0.1) is 0 Å². The molecule has 0 radical (unpaired) electrons. The van der Waals surface area contributed by atoms with Gasteiger partial charge in [0.15, 0.2) is 5.69 Å². The van der Waals surface area contributed by atoms with Crippen molar-refractivity contribution < 1.29 is 4.79 Å². The van der Waals surface area contributed by atoms with Crippen molar-refractivity contribution in [3.05, 3.63) is 17.8 Å². The summed E-state index contributed by atoms with van der Waals surface area (Å²) < 4.78 is 0. The van der Waals surface area contributed by atoms with Gasteiger partial charge in [-0.05, 0) is 31.4 Å². The zero-order valence-corrected chi connectivity index (χ0v) is 11.5. The van der Waals surface area contributed by atoms with Crippen molar-refractivity contribution in [3.63, 3.8) is 0 Å². The fourth-order valence-electron chi connectivity index (χ4n) is 1.27. The first-order chi connectivity index (χ1) is 8.52. The summed E-state index contributed by atoms with van der Waals surface area (Å²) in [5.74, 6) is 0.948. The molecule has 1 heterocycles. The van der Waals surface area contributed by atoms with E-state index in [-0.39, 0.29) is 5.91 Å². The molecule has 5 nitrogen and oxygen atoms in total. The standard InChI is InChI=1S/C13H22N4O/c1-5-10(4)15-12-7-6-11(16-17-12)13(18)14-8-9(2)3/h6-7,9-10H,5,8H2,1-4H3,(H,14,18)(H,15,17). The summed E-state index contributed by atoms with van der Waals surface area (Å²) in [6, 6.07) is 3.82. The molecule has 1 aromatic heterocycles. The number of nitrogens with zero attached hydrogens (tertiary/aromatic N) is 2. The number of anilines is 1. The van der Waals surface area contributed by atoms with Crippen LogP contribution in [0, 0.1) is 5.92 Å². The smallest absolute Gasteiger partial charge is 0.271 e. The second kappa shape index (κ2) is 6.93. The summed E-state index contributed by atoms with van der Waals surface area (Å²) in [5.41, 5.74) is 0.352. The molecule has 18 heavy (non-hydrogen) atoms. The van der Waals surface area contributed by atoms with Gasteiger partial charge in [0.25, 0.3) is 5.91 Å². The van der Waals surface area contributed by atoms with E-state index in [9.17, 15) is 4.79 Å². The van der Waals surface area contributed by atoms with Crippen LogP contribution >= 0.6 is 0 Å². The molecule has 1 amide bonds. The summed E-state index contributed by atoms with van der Waals surface area (Å²) in [7, 11) is 0. The van der Waals surface area contributed by atoms with E-state index in [1.165, 1.54) is 0 Å². The molecule has 0 saturated carbocycles. The monoisotopic (exact) mass is 250 g/mol. The summed E-state index contributed by atoms with van der Waals surface area (Å²) in [5, 5.41) is 13.9. The second-order valence-corrected chi connectivity index (χ2v) is 4.86. The first kappa shape index (κ1) is 14.4. The maximum absolute atomic E-state index is 11.7. The number of aromatic nitrogens is 2. The first-order valence-corrected chi connectivity index (χ1v) is 6.41. The van der Waals surface area contributed by atoms with Crippen LogP contribution in [0.4, 0.5) is 5.82 Å². The maximum Gasteiger partial charge on any atom is 0.271 e. The average molecular weight is 250 g/mol. The molecule has 5 heteroatoms. The molecule has 0 fully saturated rings. The van der Waals surface area contributed by atoms with Crippen LogP contribution in [0.25, 0.3) is 0 Å². The predicted molar refractivity (Wildman–Crippen MR) is 72.6 cm³/mol. The summed E-state index contributed by atoms with van der Waals surface area (Å²) in [4.78, 5) is 11.7. The minimum absolute atomic E-state index is 0.175. The van der Waals surface area contributed by atoms with Gasteiger partial charge in [0, 0.05) is 12.6 Å². The van der Waals surface area contributed by atoms with E-state index >= 15 is 0 Å². The SMILES string of the molecule is CCC(C)Nc1ccc(C(=O)NCC(C)C)nn1. The molecular weight excluding hydrogens is 228 g/mol. The van der Waals surface area contributed by atoms with Crippen molar-refractivity contribution in [1.29, 1.82) is 0 Å². The van der Waals surface area contributed by atoms with Crippen LogP contribution in [0.1, 0.15) is 44.6 Å². The Morgan fingerprint density at radius 3 is 2.50 bits per heavy atom. The number of amides is 1. The van der Waals surface area contributed by atoms with Crippen molar-refractivity contribution in [3.8, 4) is 0 Å². The molecule has 0 aliphatic carbocycles. The van der Waals surface area contributed by atoms with E-state index in [4.69, 9.17) is 0 Å². The number of hydrogen-bond acceptors (Lipinski definition) is 4. The van der Waals surface area contributed by atoms with Crippen molar-refractivity contribution in [1.82, 2.24) is 15.5 Å². The lowest BCUT2D eigenvalue weighted by molar-refractivity contribution is 0.0943. The third-order valence-electron chi connectivity index (χ3n) is 2.57. The lowest BCUT2D eigenvalue weighted by atomic mass is 10.2. The molecule has 0 bridgehead atoms. The normalized spacial score (nSPS) is 12.3. The van der Waals surface area contributed by atoms with Gasteiger partial charge >= 0.3 is 0 Å². The maximum atomic E-state index is 11.7. The van der Waals surface area contributed by atoms with Gasteiger partial charge in [-0.2, -0.15) is 0 Å². The highest BCUT2D eigenvalue weighted by molar-refractivity contribution is 5.92. The van der Waals surface area contributed by atoms with E-state index in [2.05, 4.69) is 34.7 Å². The Morgan fingerprint density at radius 1 is 1.28 bits per heavy atom. The molecule has 2 N–H and O–H groups in total. The third-order valence-corrected chi connectivity index (χ3v) is 2.57. The Kier molecular flexibility index (Phi) is 5.55. The highest BCUT2D eigenvalue weighted by atomic mass is 16.1. The van der Waals surface area contributed by atoms with E-state index < -0.39 is 0 Å². The number of hydrogen-bond donors (Lipinski definition) is 2. The van der Waals surface area contributed by atoms with E-state index in [0.717, 1.165) is 6.42 Å². The van der Waals surface area contributed by atoms with Crippen LogP contribution in [-0.4, -0.2) is 28.7 Å². The molecule has 0 aliphatic heterocycles. The summed E-state index contributed by atoms with van der Waals surface area (Å²) in [6.07, 6.45) is 1.01. The molecule has 0 saturated heterocycles. The largest absolute Gasteiger partial charge is 0.366 e. The number of rotatable bonds is 6. The minimum atomic E-state index is -0.175. The molecule has 1 unspecified atom stereocenters. The Balaban J connectivity index is 2.56. The Hall–Kier alpha value is -1.65. The molecule has 0 spiro atoms. The summed E-state index contributed by atoms with van der Waals surface area (Å²) in [6.45, 7) is 8.91. The fraction of sp³-hybridized carbons (Fsp3) is 0.615. The zero-order chi connectivity index (χ0) is 13.5. The molecule has 0 aliphatic rings. The van der Waals surface area contributed by atoms with Gasteiger partial charge in [-0.1, -0.05) is 20.8 Å². The molecule has 100 valence electrons. The van der Waals surface area contributed by atoms with Crippen LogP contribution < -0.4 is 10.6 Å². The van der Waals surface area contributed by atoms with Crippen LogP contribution in [0.3, 0.4) is 0 Å². The highest BCUT2D eigenvalue weighted by Crippen LogP contribution is 2.05. The molecule has 1 rings (SSSR count). The van der Waals surface area contributed by atoms with E-state index in [1.807, 2.05) is 13.8 Å². The second-order valence-electron chi connectivity index (χ2n) is 4.86. The molecule has 1 aromatic rings. The van der Waals surface area contributed by atoms with E-state index in [1.54, 1.807) is 12.1 Å². The van der Waals surface area contributed by atoms with Gasteiger partial charge in [0.1, 0.15) is 5.82 Å².